The highest BCUT2D eigenvalue weighted by Gasteiger charge is 2.28. The Balaban J connectivity index is 1.56. The number of hydrogen-bond acceptors (Lipinski definition) is 6. The van der Waals surface area contributed by atoms with Crippen LogP contribution in [0.25, 0.3) is 16.6 Å². The average Bonchev–Trinajstić information content (AvgIpc) is 3.35. The number of para-hydroxylation sites is 1. The molecule has 1 aliphatic rings. The number of aromatic nitrogens is 6. The number of nitrogens with zero attached hydrogens (tertiary/aromatic N) is 6. The van der Waals surface area contributed by atoms with Gasteiger partial charge in [0.15, 0.2) is 11.5 Å². The van der Waals surface area contributed by atoms with Crippen LogP contribution < -0.4 is 10.5 Å². The summed E-state index contributed by atoms with van der Waals surface area (Å²) in [4.78, 5) is 9.39. The number of anilines is 1. The fraction of sp³-hybridized carbons (Fsp3) is 0.400. The minimum absolute atomic E-state index is 0.305. The Kier molecular flexibility index (Phi) is 3.92. The first-order valence-electron chi connectivity index (χ1n) is 9.61. The summed E-state index contributed by atoms with van der Waals surface area (Å²) >= 11 is 0. The second kappa shape index (κ2) is 6.47. The lowest BCUT2D eigenvalue weighted by Gasteiger charge is -2.26. The maximum atomic E-state index is 6.19. The molecule has 1 fully saturated rings. The van der Waals surface area contributed by atoms with E-state index in [0.29, 0.717) is 29.1 Å². The molecule has 144 valence electrons. The molecule has 2 atom stereocenters. The smallest absolute Gasteiger partial charge is 0.223 e. The average molecular weight is 377 g/mol. The van der Waals surface area contributed by atoms with Crippen molar-refractivity contribution in [2.24, 2.45) is 7.05 Å². The summed E-state index contributed by atoms with van der Waals surface area (Å²) in [5.41, 5.74) is 8.94. The molecule has 0 saturated heterocycles. The summed E-state index contributed by atoms with van der Waals surface area (Å²) in [6, 6.07) is 5.80. The van der Waals surface area contributed by atoms with Gasteiger partial charge in [0.25, 0.3) is 0 Å². The van der Waals surface area contributed by atoms with Crippen LogP contribution in [0.3, 0.4) is 0 Å². The molecule has 0 bridgehead atoms. The van der Waals surface area contributed by atoms with E-state index in [1.54, 1.807) is 11.6 Å². The number of rotatable bonds is 3. The summed E-state index contributed by atoms with van der Waals surface area (Å²) < 4.78 is 8.96. The predicted octanol–water partition coefficient (Wildman–Crippen LogP) is 3.04. The summed E-state index contributed by atoms with van der Waals surface area (Å²) in [7, 11) is 3.59. The van der Waals surface area contributed by atoms with E-state index >= 15 is 0 Å². The van der Waals surface area contributed by atoms with Crippen molar-refractivity contribution in [1.29, 1.82) is 0 Å². The van der Waals surface area contributed by atoms with Crippen LogP contribution in [0.4, 0.5) is 5.95 Å². The van der Waals surface area contributed by atoms with Gasteiger partial charge >= 0.3 is 0 Å². The minimum Gasteiger partial charge on any atom is -0.494 e. The van der Waals surface area contributed by atoms with Crippen molar-refractivity contribution < 1.29 is 4.74 Å². The number of aryl methyl sites for hydroxylation is 1. The van der Waals surface area contributed by atoms with E-state index in [4.69, 9.17) is 20.6 Å². The van der Waals surface area contributed by atoms with Crippen molar-refractivity contribution in [2.45, 2.75) is 37.5 Å². The van der Waals surface area contributed by atoms with Crippen LogP contribution in [0.2, 0.25) is 0 Å². The molecule has 1 saturated carbocycles. The molecule has 3 heterocycles. The first-order chi connectivity index (χ1) is 13.6. The zero-order chi connectivity index (χ0) is 19.3. The van der Waals surface area contributed by atoms with Gasteiger partial charge in [-0.3, -0.25) is 4.68 Å². The van der Waals surface area contributed by atoms with E-state index in [-0.39, 0.29) is 0 Å². The molecule has 0 spiro atoms. The van der Waals surface area contributed by atoms with Crippen molar-refractivity contribution in [1.82, 2.24) is 29.4 Å². The van der Waals surface area contributed by atoms with Crippen LogP contribution >= 0.6 is 0 Å². The fourth-order valence-corrected chi connectivity index (χ4v) is 4.36. The highest BCUT2D eigenvalue weighted by molar-refractivity contribution is 5.95. The molecule has 8 nitrogen and oxygen atoms in total. The Morgan fingerprint density at radius 1 is 1.18 bits per heavy atom. The molecule has 5 rings (SSSR count). The molecule has 0 amide bonds. The Labute approximate surface area is 162 Å². The molecule has 0 unspecified atom stereocenters. The van der Waals surface area contributed by atoms with Crippen molar-refractivity contribution >= 4 is 22.5 Å². The second-order valence-corrected chi connectivity index (χ2v) is 7.54. The van der Waals surface area contributed by atoms with Gasteiger partial charge in [0.1, 0.15) is 11.3 Å². The fourth-order valence-electron chi connectivity index (χ4n) is 4.36. The van der Waals surface area contributed by atoms with Gasteiger partial charge in [0.05, 0.1) is 13.3 Å². The predicted molar refractivity (Wildman–Crippen MR) is 106 cm³/mol. The number of methoxy groups -OCH3 is 1. The molecular weight excluding hydrogens is 354 g/mol. The van der Waals surface area contributed by atoms with Gasteiger partial charge in [-0.1, -0.05) is 12.5 Å². The standard InChI is InChI=1S/C20H23N7O/c1-26-11-14(10-22-26)12-5-3-6-13(9-12)18-24-19-15-7-4-8-16(28-2)17(15)23-20(21)27(19)25-18/h4,7-8,10-13H,3,5-6,9H2,1-2H3,(H2,21,23)/t12-,13+/m0/s1. The first kappa shape index (κ1) is 17.0. The largest absolute Gasteiger partial charge is 0.494 e. The number of benzene rings is 1. The van der Waals surface area contributed by atoms with Crippen molar-refractivity contribution in [3.63, 3.8) is 0 Å². The minimum atomic E-state index is 0.305. The summed E-state index contributed by atoms with van der Waals surface area (Å²) in [5.74, 6) is 2.65. The van der Waals surface area contributed by atoms with Crippen LogP contribution in [0.15, 0.2) is 30.6 Å². The van der Waals surface area contributed by atoms with Crippen molar-refractivity contribution in [3.05, 3.63) is 42.0 Å². The maximum Gasteiger partial charge on any atom is 0.223 e. The third kappa shape index (κ3) is 2.67. The summed E-state index contributed by atoms with van der Waals surface area (Å²) in [5, 5.41) is 9.96. The van der Waals surface area contributed by atoms with Gasteiger partial charge in [-0.2, -0.15) is 9.61 Å². The number of ether oxygens (including phenoxy) is 1. The van der Waals surface area contributed by atoms with E-state index in [1.165, 1.54) is 12.0 Å². The monoisotopic (exact) mass is 377 g/mol. The van der Waals surface area contributed by atoms with Gasteiger partial charge < -0.3 is 10.5 Å². The van der Waals surface area contributed by atoms with Crippen molar-refractivity contribution in [3.8, 4) is 5.75 Å². The first-order valence-corrected chi connectivity index (χ1v) is 9.61. The maximum absolute atomic E-state index is 6.19. The van der Waals surface area contributed by atoms with Gasteiger partial charge in [-0.05, 0) is 42.9 Å². The lowest BCUT2D eigenvalue weighted by atomic mass is 9.78. The molecule has 8 heteroatoms. The Bertz CT molecular complexity index is 1160. The van der Waals surface area contributed by atoms with Gasteiger partial charge in [-0.15, -0.1) is 5.10 Å². The Morgan fingerprint density at radius 2 is 2.04 bits per heavy atom. The topological polar surface area (TPSA) is 96.1 Å². The van der Waals surface area contributed by atoms with Crippen LogP contribution in [0, 0.1) is 0 Å². The number of nitrogen functional groups attached to an aromatic ring is 1. The number of nitrogens with two attached hydrogens (primary N) is 1. The Morgan fingerprint density at radius 3 is 2.82 bits per heavy atom. The third-order valence-corrected chi connectivity index (χ3v) is 5.76. The Hall–Kier alpha value is -3.16. The van der Waals surface area contributed by atoms with Gasteiger partial charge in [0, 0.05) is 24.5 Å². The van der Waals surface area contributed by atoms with Crippen LogP contribution in [0.1, 0.15) is 48.9 Å². The zero-order valence-electron chi connectivity index (χ0n) is 16.0. The quantitative estimate of drug-likeness (QED) is 0.589. The molecule has 2 N–H and O–H groups in total. The summed E-state index contributed by atoms with van der Waals surface area (Å²) in [6.07, 6.45) is 8.54. The third-order valence-electron chi connectivity index (χ3n) is 5.76. The molecule has 3 aromatic heterocycles. The van der Waals surface area contributed by atoms with Crippen LogP contribution in [-0.4, -0.2) is 36.5 Å². The van der Waals surface area contributed by atoms with Crippen LogP contribution in [-0.2, 0) is 7.05 Å². The molecular formula is C20H23N7O. The molecule has 1 aromatic carbocycles. The lowest BCUT2D eigenvalue weighted by molar-refractivity contribution is 0.382. The van der Waals surface area contributed by atoms with E-state index < -0.39 is 0 Å². The molecule has 0 aliphatic heterocycles. The molecule has 1 aliphatic carbocycles. The van der Waals surface area contributed by atoms with Gasteiger partial charge in [-0.25, -0.2) is 9.97 Å². The number of hydrogen-bond donors (Lipinski definition) is 1. The highest BCUT2D eigenvalue weighted by Crippen LogP contribution is 2.40. The molecule has 0 radical (unpaired) electrons. The van der Waals surface area contributed by atoms with E-state index in [0.717, 1.165) is 36.1 Å². The highest BCUT2D eigenvalue weighted by atomic mass is 16.5. The van der Waals surface area contributed by atoms with E-state index in [2.05, 4.69) is 16.3 Å². The lowest BCUT2D eigenvalue weighted by Crippen LogP contribution is -2.14. The second-order valence-electron chi connectivity index (χ2n) is 7.54. The zero-order valence-corrected chi connectivity index (χ0v) is 16.0. The number of fused-ring (bicyclic) bond motifs is 3. The SMILES string of the molecule is COc1cccc2c1nc(N)n1nc([C@@H]3CCC[C@H](c4cnn(C)c4)C3)nc21. The van der Waals surface area contributed by atoms with E-state index in [1.807, 2.05) is 36.1 Å². The normalized spacial score (nSPS) is 20.1. The van der Waals surface area contributed by atoms with Gasteiger partial charge in [0.2, 0.25) is 5.95 Å². The van der Waals surface area contributed by atoms with Crippen molar-refractivity contribution in [2.75, 3.05) is 12.8 Å². The summed E-state index contributed by atoms with van der Waals surface area (Å²) in [6.45, 7) is 0. The molecule has 4 aromatic rings. The molecule has 28 heavy (non-hydrogen) atoms. The van der Waals surface area contributed by atoms with E-state index in [9.17, 15) is 0 Å². The van der Waals surface area contributed by atoms with Crippen LogP contribution in [0.5, 0.6) is 5.75 Å².